The molecule has 1 rings (SSSR count). The van der Waals surface area contributed by atoms with Crippen molar-refractivity contribution in [1.82, 2.24) is 0 Å². The monoisotopic (exact) mass is 142 g/mol. The largest absolute Gasteiger partial charge is 0.502 e. The van der Waals surface area contributed by atoms with Gasteiger partial charge in [-0.3, -0.25) is 0 Å². The van der Waals surface area contributed by atoms with Gasteiger partial charge in [0.1, 0.15) is 0 Å². The Morgan fingerprint density at radius 2 is 2.50 bits per heavy atom. The van der Waals surface area contributed by atoms with Gasteiger partial charge in [-0.05, 0) is 19.8 Å². The van der Waals surface area contributed by atoms with Crippen molar-refractivity contribution in [2.45, 2.75) is 25.9 Å². The smallest absolute Gasteiger partial charge is 0.0874 e. The van der Waals surface area contributed by atoms with Crippen LogP contribution in [0.4, 0.5) is 0 Å². The number of ether oxygens (including phenoxy) is 2. The Morgan fingerprint density at radius 1 is 1.70 bits per heavy atom. The lowest BCUT2D eigenvalue weighted by molar-refractivity contribution is 0.235. The van der Waals surface area contributed by atoms with Crippen molar-refractivity contribution in [2.24, 2.45) is 0 Å². The molecule has 0 amide bonds. The van der Waals surface area contributed by atoms with Crippen LogP contribution in [0.5, 0.6) is 0 Å². The summed E-state index contributed by atoms with van der Waals surface area (Å²) in [5.41, 5.74) is 0. The summed E-state index contributed by atoms with van der Waals surface area (Å²) in [4.78, 5) is 0. The second-order valence-electron chi connectivity index (χ2n) is 2.44. The third kappa shape index (κ3) is 3.51. The van der Waals surface area contributed by atoms with E-state index in [1.165, 1.54) is 0 Å². The highest BCUT2D eigenvalue weighted by atomic mass is 16.6. The molecule has 0 aromatic carbocycles. The van der Waals surface area contributed by atoms with E-state index in [2.05, 4.69) is 0 Å². The molecule has 1 aliphatic rings. The first-order valence-electron chi connectivity index (χ1n) is 3.78. The zero-order valence-corrected chi connectivity index (χ0v) is 6.38. The molecule has 0 aromatic heterocycles. The third-order valence-electron chi connectivity index (χ3n) is 1.42. The molecule has 1 heterocycles. The van der Waals surface area contributed by atoms with Gasteiger partial charge in [0.15, 0.2) is 0 Å². The molecule has 0 N–H and O–H groups in total. The van der Waals surface area contributed by atoms with Gasteiger partial charge < -0.3 is 9.47 Å². The molecular weight excluding hydrogens is 128 g/mol. The average molecular weight is 142 g/mol. The van der Waals surface area contributed by atoms with Crippen LogP contribution >= 0.6 is 0 Å². The van der Waals surface area contributed by atoms with Gasteiger partial charge in [-0.2, -0.15) is 0 Å². The molecule has 0 aromatic rings. The van der Waals surface area contributed by atoms with E-state index in [1.807, 2.05) is 13.0 Å². The maximum Gasteiger partial charge on any atom is 0.0874 e. The molecular formula is C8H14O2. The number of hydrogen-bond acceptors (Lipinski definition) is 2. The molecule has 0 spiro atoms. The average Bonchev–Trinajstić information content (AvgIpc) is 2.71. The van der Waals surface area contributed by atoms with Gasteiger partial charge in [0.05, 0.1) is 25.6 Å². The minimum absolute atomic E-state index is 0.550. The fraction of sp³-hybridized carbons (Fsp3) is 0.750. The molecule has 2 heteroatoms. The zero-order chi connectivity index (χ0) is 7.23. The van der Waals surface area contributed by atoms with Crippen LogP contribution in [-0.4, -0.2) is 19.3 Å². The molecule has 1 unspecified atom stereocenters. The van der Waals surface area contributed by atoms with E-state index in [4.69, 9.17) is 9.47 Å². The molecule has 1 aliphatic heterocycles. The fourth-order valence-corrected chi connectivity index (χ4v) is 0.793. The Bertz CT molecular complexity index is 106. The Labute approximate surface area is 61.8 Å². The Balaban J connectivity index is 1.76. The van der Waals surface area contributed by atoms with E-state index < -0.39 is 0 Å². The summed E-state index contributed by atoms with van der Waals surface area (Å²) in [6.45, 7) is 3.73. The van der Waals surface area contributed by atoms with Gasteiger partial charge in [-0.25, -0.2) is 0 Å². The third-order valence-corrected chi connectivity index (χ3v) is 1.42. The fourth-order valence-electron chi connectivity index (χ4n) is 0.793. The highest BCUT2D eigenvalue weighted by Crippen LogP contribution is 2.14. The van der Waals surface area contributed by atoms with Crippen LogP contribution in [0.25, 0.3) is 0 Å². The van der Waals surface area contributed by atoms with Crippen LogP contribution in [-0.2, 0) is 9.47 Å². The standard InChI is InChI=1S/C8H14O2/c1-2-5-9-6-3-4-8-7-10-8/h2,5,8H,3-4,6-7H2,1H3. The van der Waals surface area contributed by atoms with E-state index in [1.54, 1.807) is 6.26 Å². The summed E-state index contributed by atoms with van der Waals surface area (Å²) < 4.78 is 10.2. The molecule has 0 aliphatic carbocycles. The number of rotatable bonds is 5. The SMILES string of the molecule is CC=COCCCC1CO1. The van der Waals surface area contributed by atoms with Crippen LogP contribution in [0.3, 0.4) is 0 Å². The van der Waals surface area contributed by atoms with Gasteiger partial charge in [0.2, 0.25) is 0 Å². The summed E-state index contributed by atoms with van der Waals surface area (Å²) in [6, 6.07) is 0. The maximum atomic E-state index is 5.12. The van der Waals surface area contributed by atoms with Crippen molar-refractivity contribution in [3.05, 3.63) is 12.3 Å². The summed E-state index contributed by atoms with van der Waals surface area (Å²) in [7, 11) is 0. The lowest BCUT2D eigenvalue weighted by atomic mass is 10.3. The maximum absolute atomic E-state index is 5.12. The van der Waals surface area contributed by atoms with E-state index >= 15 is 0 Å². The number of hydrogen-bond donors (Lipinski definition) is 0. The van der Waals surface area contributed by atoms with Crippen LogP contribution in [0, 0.1) is 0 Å². The topological polar surface area (TPSA) is 21.8 Å². The zero-order valence-electron chi connectivity index (χ0n) is 6.38. The predicted octanol–water partition coefficient (Wildman–Crippen LogP) is 1.72. The summed E-state index contributed by atoms with van der Waals surface area (Å²) in [6.07, 6.45) is 6.43. The summed E-state index contributed by atoms with van der Waals surface area (Å²) >= 11 is 0. The predicted molar refractivity (Wildman–Crippen MR) is 39.7 cm³/mol. The van der Waals surface area contributed by atoms with Crippen LogP contribution in [0.15, 0.2) is 12.3 Å². The van der Waals surface area contributed by atoms with Crippen LogP contribution in [0.2, 0.25) is 0 Å². The van der Waals surface area contributed by atoms with E-state index in [0.717, 1.165) is 26.1 Å². The van der Waals surface area contributed by atoms with E-state index in [-0.39, 0.29) is 0 Å². The van der Waals surface area contributed by atoms with Gasteiger partial charge in [-0.15, -0.1) is 0 Å². The van der Waals surface area contributed by atoms with Gasteiger partial charge in [0.25, 0.3) is 0 Å². The molecule has 10 heavy (non-hydrogen) atoms. The van der Waals surface area contributed by atoms with Crippen LogP contribution in [0.1, 0.15) is 19.8 Å². The van der Waals surface area contributed by atoms with Crippen molar-refractivity contribution >= 4 is 0 Å². The Hall–Kier alpha value is -0.500. The van der Waals surface area contributed by atoms with E-state index in [9.17, 15) is 0 Å². The second kappa shape index (κ2) is 4.34. The summed E-state index contributed by atoms with van der Waals surface area (Å²) in [5.74, 6) is 0. The highest BCUT2D eigenvalue weighted by molar-refractivity contribution is 4.69. The summed E-state index contributed by atoms with van der Waals surface area (Å²) in [5, 5.41) is 0. The molecule has 1 saturated heterocycles. The van der Waals surface area contributed by atoms with Crippen molar-refractivity contribution < 1.29 is 9.47 Å². The molecule has 1 fully saturated rings. The lowest BCUT2D eigenvalue weighted by Gasteiger charge is -1.96. The van der Waals surface area contributed by atoms with E-state index in [0.29, 0.717) is 6.10 Å². The Morgan fingerprint density at radius 3 is 3.10 bits per heavy atom. The van der Waals surface area contributed by atoms with Gasteiger partial charge in [0, 0.05) is 0 Å². The first-order chi connectivity index (χ1) is 4.93. The second-order valence-corrected chi connectivity index (χ2v) is 2.44. The molecule has 0 saturated carbocycles. The van der Waals surface area contributed by atoms with Crippen molar-refractivity contribution in [2.75, 3.05) is 13.2 Å². The van der Waals surface area contributed by atoms with Gasteiger partial charge in [-0.1, -0.05) is 6.08 Å². The first-order valence-corrected chi connectivity index (χ1v) is 3.78. The molecule has 0 bridgehead atoms. The van der Waals surface area contributed by atoms with Gasteiger partial charge >= 0.3 is 0 Å². The van der Waals surface area contributed by atoms with Crippen molar-refractivity contribution in [3.63, 3.8) is 0 Å². The van der Waals surface area contributed by atoms with Crippen molar-refractivity contribution in [3.8, 4) is 0 Å². The minimum atomic E-state index is 0.550. The molecule has 58 valence electrons. The van der Waals surface area contributed by atoms with Crippen LogP contribution < -0.4 is 0 Å². The quantitative estimate of drug-likeness (QED) is 0.331. The number of allylic oxidation sites excluding steroid dienone is 1. The lowest BCUT2D eigenvalue weighted by Crippen LogP contribution is -1.91. The number of epoxide rings is 1. The first kappa shape index (κ1) is 7.61. The minimum Gasteiger partial charge on any atom is -0.502 e. The normalized spacial score (nSPS) is 23.5. The molecule has 2 nitrogen and oxygen atoms in total. The van der Waals surface area contributed by atoms with Crippen molar-refractivity contribution in [1.29, 1.82) is 0 Å². The molecule has 1 atom stereocenters. The molecule has 0 radical (unpaired) electrons. The Kier molecular flexibility index (Phi) is 3.30. The highest BCUT2D eigenvalue weighted by Gasteiger charge is 2.20.